The van der Waals surface area contributed by atoms with Crippen molar-refractivity contribution in [2.75, 3.05) is 4.90 Å². The van der Waals surface area contributed by atoms with Crippen molar-refractivity contribution in [3.05, 3.63) is 67.8 Å². The first-order chi connectivity index (χ1) is 11.9. The minimum absolute atomic E-state index is 0.0991. The molecule has 1 amide bonds. The average Bonchev–Trinajstić information content (AvgIpc) is 2.98. The lowest BCUT2D eigenvalue weighted by molar-refractivity contribution is 0.0962. The number of carbonyl (C=O) groups excluding carboxylic acids is 1. The Morgan fingerprint density at radius 3 is 2.52 bits per heavy atom. The molecular weight excluding hydrogens is 390 g/mol. The second-order valence-corrected chi connectivity index (χ2v) is 9.58. The van der Waals surface area contributed by atoms with Crippen molar-refractivity contribution < 1.29 is 4.79 Å². The monoisotopic (exact) mass is 403 g/mol. The van der Waals surface area contributed by atoms with Gasteiger partial charge in [0, 0.05) is 11.1 Å². The molecule has 1 aliphatic rings. The van der Waals surface area contributed by atoms with Gasteiger partial charge >= 0.3 is 0 Å². The highest BCUT2D eigenvalue weighted by atomic mass is 35.5. The number of carbonyl (C=O) groups is 1. The fourth-order valence-corrected chi connectivity index (χ4v) is 6.79. The van der Waals surface area contributed by atoms with Crippen LogP contribution in [-0.4, -0.2) is 5.91 Å². The van der Waals surface area contributed by atoms with Gasteiger partial charge in [0.2, 0.25) is 0 Å². The summed E-state index contributed by atoms with van der Waals surface area (Å²) in [6.45, 7) is 4.13. The third-order valence-electron chi connectivity index (χ3n) is 4.47. The van der Waals surface area contributed by atoms with Gasteiger partial charge in [-0.2, -0.15) is 0 Å². The van der Waals surface area contributed by atoms with Gasteiger partial charge in [0.25, 0.3) is 5.91 Å². The van der Waals surface area contributed by atoms with Crippen LogP contribution in [0.15, 0.2) is 48.5 Å². The van der Waals surface area contributed by atoms with Crippen LogP contribution < -0.4 is 4.90 Å². The summed E-state index contributed by atoms with van der Waals surface area (Å²) < 4.78 is 0.880. The SMILES string of the molecule is CC1(C)c2ssc(=S)c2-c2ccccc2N1C(=O)c1ccccc1Cl. The van der Waals surface area contributed by atoms with Crippen LogP contribution in [0, 0.1) is 3.82 Å². The topological polar surface area (TPSA) is 20.3 Å². The van der Waals surface area contributed by atoms with Crippen molar-refractivity contribution >= 4 is 56.1 Å². The predicted octanol–water partition coefficient (Wildman–Crippen LogP) is 6.75. The molecule has 0 saturated carbocycles. The molecule has 25 heavy (non-hydrogen) atoms. The van der Waals surface area contributed by atoms with Gasteiger partial charge in [0.15, 0.2) is 0 Å². The van der Waals surface area contributed by atoms with Crippen LogP contribution in [0.5, 0.6) is 0 Å². The number of hydrogen-bond donors (Lipinski definition) is 0. The molecule has 6 heteroatoms. The first kappa shape index (κ1) is 16.9. The largest absolute Gasteiger partial charge is 0.297 e. The summed E-state index contributed by atoms with van der Waals surface area (Å²) in [5, 5.41) is 0.463. The van der Waals surface area contributed by atoms with E-state index < -0.39 is 5.54 Å². The standard InChI is InChI=1S/C19H14ClNOS3/c1-19(2)16-15(18(23)25-24-16)12-8-4-6-10-14(12)21(19)17(22)11-7-3-5-9-13(11)20/h3-10H,1-2H3. The number of amides is 1. The van der Waals surface area contributed by atoms with Gasteiger partial charge in [-0.1, -0.05) is 74.8 Å². The molecule has 0 unspecified atom stereocenters. The summed E-state index contributed by atoms with van der Waals surface area (Å²) in [5.74, 6) is -0.0991. The molecule has 3 aromatic rings. The van der Waals surface area contributed by atoms with Gasteiger partial charge in [-0.3, -0.25) is 9.69 Å². The van der Waals surface area contributed by atoms with E-state index in [4.69, 9.17) is 23.8 Å². The van der Waals surface area contributed by atoms with E-state index in [0.29, 0.717) is 10.6 Å². The number of anilines is 1. The molecule has 0 saturated heterocycles. The van der Waals surface area contributed by atoms with Gasteiger partial charge < -0.3 is 0 Å². The van der Waals surface area contributed by atoms with Crippen LogP contribution >= 0.6 is 44.5 Å². The molecule has 0 atom stereocenters. The lowest BCUT2D eigenvalue weighted by atomic mass is 9.87. The van der Waals surface area contributed by atoms with Crippen LogP contribution in [-0.2, 0) is 5.54 Å². The van der Waals surface area contributed by atoms with Crippen LogP contribution in [0.4, 0.5) is 5.69 Å². The minimum Gasteiger partial charge on any atom is -0.297 e. The maximum atomic E-state index is 13.4. The van der Waals surface area contributed by atoms with E-state index in [9.17, 15) is 4.79 Å². The van der Waals surface area contributed by atoms with Gasteiger partial charge in [-0.15, -0.1) is 0 Å². The summed E-state index contributed by atoms with van der Waals surface area (Å²) in [5.41, 5.74) is 2.99. The molecule has 0 spiro atoms. The van der Waals surface area contributed by atoms with Gasteiger partial charge in [-0.25, -0.2) is 0 Å². The number of fused-ring (bicyclic) bond motifs is 3. The van der Waals surface area contributed by atoms with Crippen LogP contribution in [0.2, 0.25) is 5.02 Å². The molecule has 4 rings (SSSR count). The summed E-state index contributed by atoms with van der Waals surface area (Å²) in [4.78, 5) is 16.4. The second kappa shape index (κ2) is 6.02. The highest BCUT2D eigenvalue weighted by molar-refractivity contribution is 7.80. The number of rotatable bonds is 1. The number of benzene rings is 2. The fourth-order valence-electron chi connectivity index (χ4n) is 3.30. The van der Waals surface area contributed by atoms with Crippen LogP contribution in [0.3, 0.4) is 0 Å². The van der Waals surface area contributed by atoms with Gasteiger partial charge in [0.1, 0.15) is 3.82 Å². The maximum Gasteiger partial charge on any atom is 0.260 e. The Morgan fingerprint density at radius 1 is 1.08 bits per heavy atom. The van der Waals surface area contributed by atoms with Crippen molar-refractivity contribution in [2.24, 2.45) is 0 Å². The van der Waals surface area contributed by atoms with E-state index in [1.54, 1.807) is 32.8 Å². The van der Waals surface area contributed by atoms with E-state index in [1.807, 2.05) is 41.3 Å². The summed E-state index contributed by atoms with van der Waals surface area (Å²) in [6, 6.07) is 15.1. The van der Waals surface area contributed by atoms with E-state index in [1.165, 1.54) is 0 Å². The number of hydrogen-bond acceptors (Lipinski definition) is 4. The van der Waals surface area contributed by atoms with E-state index in [-0.39, 0.29) is 5.91 Å². The first-order valence-corrected chi connectivity index (χ1v) is 10.7. The van der Waals surface area contributed by atoms with Crippen LogP contribution in [0.1, 0.15) is 29.1 Å². The molecule has 2 nitrogen and oxygen atoms in total. The molecule has 0 radical (unpaired) electrons. The zero-order chi connectivity index (χ0) is 17.8. The Bertz CT molecular complexity index is 1050. The molecule has 0 N–H and O–H groups in total. The molecule has 1 aliphatic heterocycles. The number of halogens is 1. The highest BCUT2D eigenvalue weighted by Gasteiger charge is 2.43. The van der Waals surface area contributed by atoms with Crippen molar-refractivity contribution in [3.8, 4) is 11.1 Å². The lowest BCUT2D eigenvalue weighted by Gasteiger charge is -2.43. The van der Waals surface area contributed by atoms with Gasteiger partial charge in [-0.05, 0) is 32.0 Å². The normalized spacial score (nSPS) is 14.8. The zero-order valence-corrected chi connectivity index (χ0v) is 16.8. The number of para-hydroxylation sites is 1. The Balaban J connectivity index is 1.99. The Labute approximate surface area is 163 Å². The van der Waals surface area contributed by atoms with Crippen LogP contribution in [0.25, 0.3) is 11.1 Å². The molecule has 2 aromatic carbocycles. The summed E-state index contributed by atoms with van der Waals surface area (Å²) in [7, 11) is 3.24. The smallest absolute Gasteiger partial charge is 0.260 e. The molecule has 0 aliphatic carbocycles. The maximum absolute atomic E-state index is 13.4. The molecule has 0 fully saturated rings. The summed E-state index contributed by atoms with van der Waals surface area (Å²) in [6.07, 6.45) is 0. The lowest BCUT2D eigenvalue weighted by Crippen LogP contribution is -2.47. The number of nitrogens with zero attached hydrogens (tertiary/aromatic N) is 1. The molecule has 1 aromatic heterocycles. The quantitative estimate of drug-likeness (QED) is 0.330. The molecule has 0 bridgehead atoms. The molecule has 2 heterocycles. The first-order valence-electron chi connectivity index (χ1n) is 7.75. The third-order valence-corrected chi connectivity index (χ3v) is 8.13. The third kappa shape index (κ3) is 2.49. The fraction of sp³-hybridized carbons (Fsp3) is 0.158. The molecular formula is C19H14ClNOS3. The minimum atomic E-state index is -0.502. The Hall–Kier alpha value is -1.53. The molecule has 126 valence electrons. The Kier molecular flexibility index (Phi) is 4.07. The Morgan fingerprint density at radius 2 is 1.76 bits per heavy atom. The van der Waals surface area contributed by atoms with E-state index in [2.05, 4.69) is 13.8 Å². The van der Waals surface area contributed by atoms with E-state index in [0.717, 1.165) is 25.5 Å². The highest BCUT2D eigenvalue weighted by Crippen LogP contribution is 2.52. The predicted molar refractivity (Wildman–Crippen MR) is 110 cm³/mol. The average molecular weight is 404 g/mol. The second-order valence-electron chi connectivity index (χ2n) is 6.35. The van der Waals surface area contributed by atoms with Crippen molar-refractivity contribution in [2.45, 2.75) is 19.4 Å². The zero-order valence-electron chi connectivity index (χ0n) is 13.6. The van der Waals surface area contributed by atoms with E-state index >= 15 is 0 Å². The van der Waals surface area contributed by atoms with Crippen molar-refractivity contribution in [1.29, 1.82) is 0 Å². The van der Waals surface area contributed by atoms with Crippen molar-refractivity contribution in [3.63, 3.8) is 0 Å². The van der Waals surface area contributed by atoms with Crippen molar-refractivity contribution in [1.82, 2.24) is 0 Å². The summed E-state index contributed by atoms with van der Waals surface area (Å²) >= 11 is 11.9. The van der Waals surface area contributed by atoms with Gasteiger partial charge in [0.05, 0.1) is 26.7 Å².